The summed E-state index contributed by atoms with van der Waals surface area (Å²) in [6, 6.07) is 49.7. The van der Waals surface area contributed by atoms with Gasteiger partial charge in [-0.25, -0.2) is 0 Å². The summed E-state index contributed by atoms with van der Waals surface area (Å²) in [5.41, 5.74) is 11.8. The van der Waals surface area contributed by atoms with Crippen LogP contribution < -0.4 is 0 Å². The van der Waals surface area contributed by atoms with Crippen molar-refractivity contribution in [3.05, 3.63) is 167 Å². The second-order valence-corrected chi connectivity index (χ2v) is 10.8. The number of fused-ring (bicyclic) bond motifs is 6. The highest BCUT2D eigenvalue weighted by atomic mass is 14.4. The average Bonchev–Trinajstić information content (AvgIpc) is 3.57. The van der Waals surface area contributed by atoms with Gasteiger partial charge in [0.25, 0.3) is 0 Å². The third-order valence-corrected chi connectivity index (χ3v) is 8.81. The summed E-state index contributed by atoms with van der Waals surface area (Å²) in [5.74, 6) is 0.672. The van der Waals surface area contributed by atoms with E-state index in [0.717, 1.165) is 12.8 Å². The fourth-order valence-corrected chi connectivity index (χ4v) is 7.19. The van der Waals surface area contributed by atoms with Crippen molar-refractivity contribution in [3.8, 4) is 0 Å². The lowest BCUT2D eigenvalue weighted by molar-refractivity contribution is 0.873. The normalized spacial score (nSPS) is 20.1. The van der Waals surface area contributed by atoms with E-state index in [-0.39, 0.29) is 0 Å². The maximum absolute atomic E-state index is 2.39. The number of hydrogen-bond acceptors (Lipinski definition) is 0. The molecule has 0 aromatic heterocycles. The van der Waals surface area contributed by atoms with Crippen molar-refractivity contribution < 1.29 is 0 Å². The standard InChI is InChI=1S/C38H28/c1-3-11-25(12-4-1)33-23-29-21-19-27-15-7-9-17-31(27)35(29)37(33)38-34(26-13-5-2-6-14-26)24-30-22-20-28-16-8-10-18-32(28)36(30)38/h1-22,33-34H,23-24H2/b38-37+. The molecule has 0 fully saturated rings. The molecular formula is C38H28. The molecule has 0 heterocycles. The first kappa shape index (κ1) is 21.6. The van der Waals surface area contributed by atoms with Crippen molar-refractivity contribution >= 4 is 32.7 Å². The summed E-state index contributed by atoms with van der Waals surface area (Å²) in [6.45, 7) is 0. The third kappa shape index (κ3) is 3.23. The topological polar surface area (TPSA) is 0 Å². The summed E-state index contributed by atoms with van der Waals surface area (Å²) < 4.78 is 0. The lowest BCUT2D eigenvalue weighted by Gasteiger charge is -2.23. The van der Waals surface area contributed by atoms with Gasteiger partial charge in [0, 0.05) is 11.8 Å². The molecule has 0 saturated carbocycles. The Hall–Kier alpha value is -4.42. The zero-order valence-electron chi connectivity index (χ0n) is 21.3. The Morgan fingerprint density at radius 3 is 1.21 bits per heavy atom. The van der Waals surface area contributed by atoms with Gasteiger partial charge in [0.2, 0.25) is 0 Å². The van der Waals surface area contributed by atoms with Crippen molar-refractivity contribution in [2.45, 2.75) is 24.7 Å². The first-order chi connectivity index (χ1) is 18.9. The Morgan fingerprint density at radius 2 is 0.763 bits per heavy atom. The highest BCUT2D eigenvalue weighted by molar-refractivity contribution is 6.12. The monoisotopic (exact) mass is 484 g/mol. The second-order valence-electron chi connectivity index (χ2n) is 10.8. The van der Waals surface area contributed by atoms with Gasteiger partial charge >= 0.3 is 0 Å². The zero-order valence-corrected chi connectivity index (χ0v) is 21.3. The summed E-state index contributed by atoms with van der Waals surface area (Å²) in [7, 11) is 0. The molecule has 2 unspecified atom stereocenters. The fourth-order valence-electron chi connectivity index (χ4n) is 7.19. The van der Waals surface area contributed by atoms with Crippen LogP contribution in [0.1, 0.15) is 45.2 Å². The second kappa shape index (κ2) is 8.57. The molecule has 2 atom stereocenters. The minimum Gasteiger partial charge on any atom is -0.0622 e. The van der Waals surface area contributed by atoms with E-state index in [0.29, 0.717) is 11.8 Å². The minimum atomic E-state index is 0.336. The molecule has 0 aliphatic heterocycles. The smallest absolute Gasteiger partial charge is 0.0139 e. The Labute approximate surface area is 223 Å². The largest absolute Gasteiger partial charge is 0.0622 e. The molecule has 0 N–H and O–H groups in total. The van der Waals surface area contributed by atoms with E-state index < -0.39 is 0 Å². The van der Waals surface area contributed by atoms with Crippen molar-refractivity contribution in [1.29, 1.82) is 0 Å². The SMILES string of the molecule is c1ccc(C2Cc3ccc4ccccc4c3/C2=C2/c3c(ccc4ccccc34)CC2c2ccccc2)cc1. The van der Waals surface area contributed by atoms with Crippen LogP contribution in [-0.4, -0.2) is 0 Å². The molecule has 6 aromatic carbocycles. The summed E-state index contributed by atoms with van der Waals surface area (Å²) in [6.07, 6.45) is 2.09. The highest BCUT2D eigenvalue weighted by Gasteiger charge is 2.39. The Bertz CT molecular complexity index is 1720. The van der Waals surface area contributed by atoms with Crippen LogP contribution in [0.5, 0.6) is 0 Å². The third-order valence-electron chi connectivity index (χ3n) is 8.81. The van der Waals surface area contributed by atoms with E-state index in [1.807, 2.05) is 0 Å². The molecule has 38 heavy (non-hydrogen) atoms. The van der Waals surface area contributed by atoms with Gasteiger partial charge in [0.15, 0.2) is 0 Å². The fraction of sp³-hybridized carbons (Fsp3) is 0.105. The summed E-state index contributed by atoms with van der Waals surface area (Å²) >= 11 is 0. The van der Waals surface area contributed by atoms with Crippen LogP contribution in [0, 0.1) is 0 Å². The zero-order chi connectivity index (χ0) is 25.1. The number of hydrogen-bond donors (Lipinski definition) is 0. The predicted octanol–water partition coefficient (Wildman–Crippen LogP) is 9.58. The van der Waals surface area contributed by atoms with Crippen molar-refractivity contribution in [2.24, 2.45) is 0 Å². The van der Waals surface area contributed by atoms with Gasteiger partial charge in [-0.05, 0) is 78.9 Å². The maximum atomic E-state index is 2.39. The molecule has 0 nitrogen and oxygen atoms in total. The number of allylic oxidation sites excluding steroid dienone is 2. The first-order valence-electron chi connectivity index (χ1n) is 13.7. The quantitative estimate of drug-likeness (QED) is 0.229. The van der Waals surface area contributed by atoms with E-state index in [9.17, 15) is 0 Å². The Morgan fingerprint density at radius 1 is 0.368 bits per heavy atom. The van der Waals surface area contributed by atoms with E-state index in [1.54, 1.807) is 0 Å². The minimum absolute atomic E-state index is 0.336. The van der Waals surface area contributed by atoms with Crippen molar-refractivity contribution in [3.63, 3.8) is 0 Å². The van der Waals surface area contributed by atoms with Gasteiger partial charge in [-0.2, -0.15) is 0 Å². The summed E-state index contributed by atoms with van der Waals surface area (Å²) in [5, 5.41) is 5.41. The molecule has 0 radical (unpaired) electrons. The lowest BCUT2D eigenvalue weighted by Crippen LogP contribution is -2.05. The average molecular weight is 485 g/mol. The van der Waals surface area contributed by atoms with E-state index in [2.05, 4.69) is 133 Å². The van der Waals surface area contributed by atoms with Gasteiger partial charge < -0.3 is 0 Å². The van der Waals surface area contributed by atoms with Crippen molar-refractivity contribution in [2.75, 3.05) is 0 Å². The number of benzene rings is 6. The van der Waals surface area contributed by atoms with Crippen LogP contribution >= 0.6 is 0 Å². The van der Waals surface area contributed by atoms with Gasteiger partial charge in [0.1, 0.15) is 0 Å². The highest BCUT2D eigenvalue weighted by Crippen LogP contribution is 2.57. The Balaban J connectivity index is 1.54. The molecule has 0 saturated heterocycles. The van der Waals surface area contributed by atoms with Crippen LogP contribution in [0.4, 0.5) is 0 Å². The molecule has 0 heteroatoms. The summed E-state index contributed by atoms with van der Waals surface area (Å²) in [4.78, 5) is 0. The maximum Gasteiger partial charge on any atom is 0.0139 e. The van der Waals surface area contributed by atoms with Gasteiger partial charge in [-0.3, -0.25) is 0 Å². The van der Waals surface area contributed by atoms with E-state index >= 15 is 0 Å². The molecule has 2 aliphatic rings. The molecule has 6 aromatic rings. The van der Waals surface area contributed by atoms with Crippen LogP contribution in [0.2, 0.25) is 0 Å². The van der Waals surface area contributed by atoms with Crippen LogP contribution in [0.15, 0.2) is 133 Å². The molecule has 0 amide bonds. The van der Waals surface area contributed by atoms with Crippen LogP contribution in [-0.2, 0) is 12.8 Å². The molecule has 0 bridgehead atoms. The predicted molar refractivity (Wildman–Crippen MR) is 160 cm³/mol. The molecule has 8 rings (SSSR count). The van der Waals surface area contributed by atoms with Crippen molar-refractivity contribution in [1.82, 2.24) is 0 Å². The van der Waals surface area contributed by atoms with Crippen LogP contribution in [0.25, 0.3) is 32.7 Å². The lowest BCUT2D eigenvalue weighted by atomic mass is 9.80. The van der Waals surface area contributed by atoms with E-state index in [4.69, 9.17) is 0 Å². The first-order valence-corrected chi connectivity index (χ1v) is 13.7. The molecule has 2 aliphatic carbocycles. The Kier molecular flexibility index (Phi) is 4.88. The van der Waals surface area contributed by atoms with Gasteiger partial charge in [-0.15, -0.1) is 0 Å². The molecular weight excluding hydrogens is 456 g/mol. The number of rotatable bonds is 2. The molecule has 180 valence electrons. The van der Waals surface area contributed by atoms with Crippen LogP contribution in [0.3, 0.4) is 0 Å². The van der Waals surface area contributed by atoms with Gasteiger partial charge in [0.05, 0.1) is 0 Å². The molecule has 0 spiro atoms. The van der Waals surface area contributed by atoms with Gasteiger partial charge in [-0.1, -0.05) is 133 Å². The van der Waals surface area contributed by atoms with E-state index in [1.165, 1.54) is 66.1 Å².